The van der Waals surface area contributed by atoms with Gasteiger partial charge in [-0.05, 0) is 67.4 Å². The lowest BCUT2D eigenvalue weighted by Gasteiger charge is -2.24. The minimum absolute atomic E-state index is 0.0402. The third-order valence-electron chi connectivity index (χ3n) is 6.67. The van der Waals surface area contributed by atoms with Gasteiger partial charge in [-0.15, -0.1) is 0 Å². The molecule has 0 spiro atoms. The van der Waals surface area contributed by atoms with E-state index < -0.39 is 17.6 Å². The van der Waals surface area contributed by atoms with Crippen molar-refractivity contribution in [2.45, 2.75) is 38.6 Å². The van der Waals surface area contributed by atoms with Crippen molar-refractivity contribution in [3.05, 3.63) is 76.7 Å². The van der Waals surface area contributed by atoms with Crippen molar-refractivity contribution < 1.29 is 29.0 Å². The van der Waals surface area contributed by atoms with Crippen molar-refractivity contribution in [1.29, 1.82) is 0 Å². The molecule has 0 radical (unpaired) electrons. The van der Waals surface area contributed by atoms with E-state index in [9.17, 15) is 19.8 Å². The highest BCUT2D eigenvalue weighted by atomic mass is 16.5. The molecule has 3 N–H and O–H groups in total. The average molecular weight is 492 g/mol. The van der Waals surface area contributed by atoms with Gasteiger partial charge >= 0.3 is 0 Å². The highest BCUT2D eigenvalue weighted by Gasteiger charge is 2.29. The zero-order valence-corrected chi connectivity index (χ0v) is 20.1. The van der Waals surface area contributed by atoms with Gasteiger partial charge in [0.2, 0.25) is 0 Å². The number of furan rings is 1. The van der Waals surface area contributed by atoms with Gasteiger partial charge in [0, 0.05) is 26.2 Å². The fourth-order valence-corrected chi connectivity index (χ4v) is 4.70. The zero-order valence-electron chi connectivity index (χ0n) is 20.1. The summed E-state index contributed by atoms with van der Waals surface area (Å²) in [5.74, 6) is -0.332. The number of nitrogens with one attached hydrogen (secondary N) is 1. The van der Waals surface area contributed by atoms with Crippen LogP contribution in [0.1, 0.15) is 50.4 Å². The summed E-state index contributed by atoms with van der Waals surface area (Å²) in [5, 5.41) is 24.1. The summed E-state index contributed by atoms with van der Waals surface area (Å²) < 4.78 is 11.4. The number of phenolic OH excluding ortho intramolecular Hbond substituents is 2. The van der Waals surface area contributed by atoms with Gasteiger partial charge in [0.05, 0.1) is 23.9 Å². The van der Waals surface area contributed by atoms with Crippen LogP contribution < -0.4 is 10.1 Å². The minimum atomic E-state index is -0.498. The number of benzene rings is 2. The van der Waals surface area contributed by atoms with E-state index in [2.05, 4.69) is 5.32 Å². The summed E-state index contributed by atoms with van der Waals surface area (Å²) in [6, 6.07) is 11.6. The molecule has 0 unspecified atom stereocenters. The number of amides is 2. The van der Waals surface area contributed by atoms with Crippen LogP contribution in [0.3, 0.4) is 0 Å². The number of phenols is 2. The second-order valence-corrected chi connectivity index (χ2v) is 9.29. The van der Waals surface area contributed by atoms with E-state index in [4.69, 9.17) is 9.15 Å². The van der Waals surface area contributed by atoms with Crippen molar-refractivity contribution in [1.82, 2.24) is 15.1 Å². The van der Waals surface area contributed by atoms with E-state index in [0.29, 0.717) is 18.8 Å². The van der Waals surface area contributed by atoms with E-state index in [-0.39, 0.29) is 29.5 Å². The SMILES string of the molecule is CN(Cc1ccco1)C(=O)c1cc(C(=O)N2Cc3ccc(OC4CCNCC4)cc3C2)c(O)cc1O. The van der Waals surface area contributed by atoms with Gasteiger partial charge in [-0.25, -0.2) is 0 Å². The summed E-state index contributed by atoms with van der Waals surface area (Å²) in [4.78, 5) is 29.3. The molecule has 0 atom stereocenters. The van der Waals surface area contributed by atoms with E-state index in [1.54, 1.807) is 24.1 Å². The molecule has 1 aromatic heterocycles. The first kappa shape index (κ1) is 23.7. The molecule has 2 aromatic carbocycles. The van der Waals surface area contributed by atoms with Gasteiger partial charge in [0.25, 0.3) is 11.8 Å². The van der Waals surface area contributed by atoms with Crippen LogP contribution in [0.15, 0.2) is 53.1 Å². The zero-order chi connectivity index (χ0) is 25.2. The summed E-state index contributed by atoms with van der Waals surface area (Å²) in [6.07, 6.45) is 3.61. The lowest BCUT2D eigenvalue weighted by molar-refractivity contribution is 0.0747. The first-order valence-corrected chi connectivity index (χ1v) is 12.0. The lowest BCUT2D eigenvalue weighted by Crippen LogP contribution is -2.34. The lowest BCUT2D eigenvalue weighted by atomic mass is 10.1. The Morgan fingerprint density at radius 2 is 1.81 bits per heavy atom. The number of hydrogen-bond acceptors (Lipinski definition) is 7. The summed E-state index contributed by atoms with van der Waals surface area (Å²) in [7, 11) is 1.57. The molecule has 0 aliphatic carbocycles. The molecule has 5 rings (SSSR count). The van der Waals surface area contributed by atoms with Crippen molar-refractivity contribution >= 4 is 11.8 Å². The fraction of sp³-hybridized carbons (Fsp3) is 0.333. The minimum Gasteiger partial charge on any atom is -0.507 e. The monoisotopic (exact) mass is 491 g/mol. The van der Waals surface area contributed by atoms with E-state index >= 15 is 0 Å². The smallest absolute Gasteiger partial charge is 0.258 e. The Kier molecular flexibility index (Phi) is 6.56. The maximum absolute atomic E-state index is 13.4. The van der Waals surface area contributed by atoms with Crippen LogP contribution in [0.4, 0.5) is 0 Å². The van der Waals surface area contributed by atoms with E-state index in [1.807, 2.05) is 18.2 Å². The van der Waals surface area contributed by atoms with Crippen molar-refractivity contribution in [2.75, 3.05) is 20.1 Å². The number of piperidine rings is 1. The molecule has 3 aromatic rings. The highest BCUT2D eigenvalue weighted by molar-refractivity contribution is 6.03. The normalized spacial score (nSPS) is 15.5. The number of carbonyl (C=O) groups is 2. The summed E-state index contributed by atoms with van der Waals surface area (Å²) >= 11 is 0. The number of carbonyl (C=O) groups excluding carboxylic acids is 2. The van der Waals surface area contributed by atoms with Crippen molar-refractivity contribution in [3.8, 4) is 17.2 Å². The molecule has 1 saturated heterocycles. The van der Waals surface area contributed by atoms with E-state index in [0.717, 1.165) is 48.9 Å². The Balaban J connectivity index is 1.31. The van der Waals surface area contributed by atoms with Gasteiger partial charge in [0.1, 0.15) is 29.1 Å². The average Bonchev–Trinajstić information content (AvgIpc) is 3.53. The highest BCUT2D eigenvalue weighted by Crippen LogP contribution is 2.33. The first-order chi connectivity index (χ1) is 17.4. The Morgan fingerprint density at radius 1 is 1.06 bits per heavy atom. The van der Waals surface area contributed by atoms with Crippen LogP contribution >= 0.6 is 0 Å². The quantitative estimate of drug-likeness (QED) is 0.485. The molecular weight excluding hydrogens is 462 g/mol. The second kappa shape index (κ2) is 9.94. The van der Waals surface area contributed by atoms with Crippen LogP contribution in [-0.2, 0) is 19.6 Å². The Labute approximate surface area is 208 Å². The number of fused-ring (bicyclic) bond motifs is 1. The van der Waals surface area contributed by atoms with Gasteiger partial charge in [0.15, 0.2) is 0 Å². The number of nitrogens with zero attached hydrogens (tertiary/aromatic N) is 2. The number of ether oxygens (including phenoxy) is 1. The number of hydrogen-bond donors (Lipinski definition) is 3. The van der Waals surface area contributed by atoms with Crippen LogP contribution in [0.2, 0.25) is 0 Å². The largest absolute Gasteiger partial charge is 0.507 e. The van der Waals surface area contributed by atoms with Crippen molar-refractivity contribution in [3.63, 3.8) is 0 Å². The van der Waals surface area contributed by atoms with Gasteiger partial charge in [-0.3, -0.25) is 9.59 Å². The second-order valence-electron chi connectivity index (χ2n) is 9.29. The molecule has 9 heteroatoms. The third-order valence-corrected chi connectivity index (χ3v) is 6.67. The number of aromatic hydroxyl groups is 2. The Morgan fingerprint density at radius 3 is 2.56 bits per heavy atom. The summed E-state index contributed by atoms with van der Waals surface area (Å²) in [6.45, 7) is 2.82. The third kappa shape index (κ3) is 4.87. The van der Waals surface area contributed by atoms with Gasteiger partial charge in [-0.2, -0.15) is 0 Å². The molecule has 2 amide bonds. The molecule has 9 nitrogen and oxygen atoms in total. The maximum Gasteiger partial charge on any atom is 0.258 e. The Bertz CT molecular complexity index is 1270. The topological polar surface area (TPSA) is 115 Å². The molecule has 2 aliphatic rings. The van der Waals surface area contributed by atoms with E-state index in [1.165, 1.54) is 17.2 Å². The predicted octanol–water partition coefficient (Wildman–Crippen LogP) is 3.25. The molecule has 1 fully saturated rings. The van der Waals surface area contributed by atoms with Gasteiger partial charge < -0.3 is 34.5 Å². The van der Waals surface area contributed by atoms with Gasteiger partial charge in [-0.1, -0.05) is 6.07 Å². The fourth-order valence-electron chi connectivity index (χ4n) is 4.70. The van der Waals surface area contributed by atoms with Crippen LogP contribution in [-0.4, -0.2) is 58.1 Å². The van der Waals surface area contributed by atoms with Crippen LogP contribution in [0.5, 0.6) is 17.2 Å². The molecule has 188 valence electrons. The van der Waals surface area contributed by atoms with Crippen LogP contribution in [0.25, 0.3) is 0 Å². The predicted molar refractivity (Wildman–Crippen MR) is 131 cm³/mol. The molecule has 3 heterocycles. The van der Waals surface area contributed by atoms with Crippen molar-refractivity contribution in [2.24, 2.45) is 0 Å². The summed E-state index contributed by atoms with van der Waals surface area (Å²) in [5.41, 5.74) is 1.89. The van der Waals surface area contributed by atoms with Crippen LogP contribution in [0, 0.1) is 0 Å². The molecule has 2 aliphatic heterocycles. The molecule has 0 saturated carbocycles. The molecule has 36 heavy (non-hydrogen) atoms. The first-order valence-electron chi connectivity index (χ1n) is 12.0. The molecular formula is C27H29N3O6. The Hall–Kier alpha value is -3.98. The number of rotatable bonds is 6. The maximum atomic E-state index is 13.4. The standard InChI is InChI=1S/C27H29N3O6/c1-29(16-21-3-2-10-35-21)26(33)22-12-23(25(32)13-24(22)31)27(34)30-14-17-4-5-20(11-18(17)15-30)36-19-6-8-28-9-7-19/h2-5,10-13,19,28,31-32H,6-9,14-16H2,1H3. The molecule has 0 bridgehead atoms.